The second-order valence-electron chi connectivity index (χ2n) is 6.41. The first-order valence-corrected chi connectivity index (χ1v) is 7.98. The molecule has 0 aromatic heterocycles. The highest BCUT2D eigenvalue weighted by atomic mass is 15.1. The van der Waals surface area contributed by atoms with E-state index in [-0.39, 0.29) is 5.41 Å². The molecule has 0 atom stereocenters. The molecule has 0 aromatic rings. The average Bonchev–Trinajstić information content (AvgIpc) is 2.33. The van der Waals surface area contributed by atoms with Gasteiger partial charge in [-0.15, -0.1) is 0 Å². The first-order valence-electron chi connectivity index (χ1n) is 7.98. The van der Waals surface area contributed by atoms with Gasteiger partial charge in [0.15, 0.2) is 0 Å². The van der Waals surface area contributed by atoms with Gasteiger partial charge in [-0.25, -0.2) is 0 Å². The Bertz CT molecular complexity index is 178. The molecule has 0 aromatic carbocycles. The molecule has 2 heteroatoms. The van der Waals surface area contributed by atoms with E-state index in [2.05, 4.69) is 32.6 Å². The molecule has 0 heterocycles. The van der Waals surface area contributed by atoms with Crippen LogP contribution in [0.2, 0.25) is 0 Å². The molecule has 0 spiro atoms. The van der Waals surface area contributed by atoms with Crippen molar-refractivity contribution >= 4 is 0 Å². The summed E-state index contributed by atoms with van der Waals surface area (Å²) in [5.41, 5.74) is 6.10. The Kier molecular flexibility index (Phi) is 10.8. The van der Waals surface area contributed by atoms with Crippen molar-refractivity contribution in [3.63, 3.8) is 0 Å². The smallest absolute Gasteiger partial charge is 0.00447 e. The number of hydrogen-bond donors (Lipinski definition) is 1. The van der Waals surface area contributed by atoms with E-state index in [1.54, 1.807) is 0 Å². The number of nitrogens with two attached hydrogens (primary N) is 1. The predicted octanol–water partition coefficient (Wildman–Crippen LogP) is 4.04. The van der Waals surface area contributed by atoms with E-state index in [4.69, 9.17) is 5.73 Å². The molecule has 18 heavy (non-hydrogen) atoms. The third-order valence-electron chi connectivity index (χ3n) is 3.57. The van der Waals surface area contributed by atoms with Crippen LogP contribution < -0.4 is 5.73 Å². The van der Waals surface area contributed by atoms with E-state index in [1.165, 1.54) is 58.0 Å². The fourth-order valence-corrected chi connectivity index (χ4v) is 2.37. The molecular weight excluding hydrogens is 220 g/mol. The van der Waals surface area contributed by atoms with Crippen LogP contribution in [0.4, 0.5) is 0 Å². The summed E-state index contributed by atoms with van der Waals surface area (Å²) in [5.74, 6) is 0. The lowest BCUT2D eigenvalue weighted by Gasteiger charge is -2.31. The molecule has 0 rings (SSSR count). The Morgan fingerprint density at radius 3 is 2.00 bits per heavy atom. The Balaban J connectivity index is 3.76. The molecular formula is C16H36N2. The first-order chi connectivity index (χ1) is 8.55. The van der Waals surface area contributed by atoms with Crippen molar-refractivity contribution < 1.29 is 0 Å². The van der Waals surface area contributed by atoms with Gasteiger partial charge >= 0.3 is 0 Å². The van der Waals surface area contributed by atoms with Gasteiger partial charge in [0.25, 0.3) is 0 Å². The molecule has 0 unspecified atom stereocenters. The molecule has 2 nitrogen and oxygen atoms in total. The van der Waals surface area contributed by atoms with E-state index >= 15 is 0 Å². The lowest BCUT2D eigenvalue weighted by atomic mass is 9.93. The largest absolute Gasteiger partial charge is 0.330 e. The molecule has 0 aliphatic carbocycles. The summed E-state index contributed by atoms with van der Waals surface area (Å²) < 4.78 is 0. The summed E-state index contributed by atoms with van der Waals surface area (Å²) in [6.07, 6.45) is 9.56. The van der Waals surface area contributed by atoms with Crippen LogP contribution in [-0.2, 0) is 0 Å². The summed E-state index contributed by atoms with van der Waals surface area (Å²) in [4.78, 5) is 2.60. The normalized spacial score (nSPS) is 12.3. The van der Waals surface area contributed by atoms with Crippen molar-refractivity contribution in [3.8, 4) is 0 Å². The fraction of sp³-hybridized carbons (Fsp3) is 1.00. The lowest BCUT2D eigenvalue weighted by Crippen LogP contribution is -2.39. The highest BCUT2D eigenvalue weighted by Gasteiger charge is 2.19. The van der Waals surface area contributed by atoms with Crippen LogP contribution in [0.1, 0.15) is 72.6 Å². The lowest BCUT2D eigenvalue weighted by molar-refractivity contribution is 0.179. The SMILES string of the molecule is CCCCCCCCN(CCC)CC(C)(C)CN. The zero-order valence-corrected chi connectivity index (χ0v) is 13.3. The Morgan fingerprint density at radius 1 is 0.833 bits per heavy atom. The van der Waals surface area contributed by atoms with Crippen LogP contribution in [0.25, 0.3) is 0 Å². The molecule has 0 saturated carbocycles. The Hall–Kier alpha value is -0.0800. The van der Waals surface area contributed by atoms with E-state index in [1.807, 2.05) is 0 Å². The summed E-state index contributed by atoms with van der Waals surface area (Å²) in [7, 11) is 0. The van der Waals surface area contributed by atoms with Gasteiger partial charge in [-0.1, -0.05) is 59.8 Å². The molecule has 0 bridgehead atoms. The van der Waals surface area contributed by atoms with Crippen LogP contribution in [0.5, 0.6) is 0 Å². The standard InChI is InChI=1S/C16H36N2/c1-5-7-8-9-10-11-13-18(12-6-2)15-16(3,4)14-17/h5-15,17H2,1-4H3. The topological polar surface area (TPSA) is 29.3 Å². The second kappa shape index (κ2) is 10.8. The van der Waals surface area contributed by atoms with Gasteiger partial charge in [-0.05, 0) is 37.9 Å². The summed E-state index contributed by atoms with van der Waals surface area (Å²) in [6, 6.07) is 0. The predicted molar refractivity (Wildman–Crippen MR) is 82.9 cm³/mol. The van der Waals surface area contributed by atoms with Gasteiger partial charge in [-0.2, -0.15) is 0 Å². The van der Waals surface area contributed by atoms with Gasteiger partial charge in [-0.3, -0.25) is 0 Å². The van der Waals surface area contributed by atoms with Gasteiger partial charge in [0.1, 0.15) is 0 Å². The van der Waals surface area contributed by atoms with Crippen molar-refractivity contribution in [2.45, 2.75) is 72.6 Å². The Morgan fingerprint density at radius 2 is 1.44 bits per heavy atom. The number of hydrogen-bond acceptors (Lipinski definition) is 2. The van der Waals surface area contributed by atoms with Crippen molar-refractivity contribution in [1.29, 1.82) is 0 Å². The molecule has 0 amide bonds. The average molecular weight is 256 g/mol. The second-order valence-corrected chi connectivity index (χ2v) is 6.41. The van der Waals surface area contributed by atoms with Gasteiger partial charge in [0.05, 0.1) is 0 Å². The summed E-state index contributed by atoms with van der Waals surface area (Å²) in [6.45, 7) is 13.5. The highest BCUT2D eigenvalue weighted by molar-refractivity contribution is 4.74. The highest BCUT2D eigenvalue weighted by Crippen LogP contribution is 2.16. The molecule has 2 N–H and O–H groups in total. The summed E-state index contributed by atoms with van der Waals surface area (Å²) in [5, 5.41) is 0. The molecule has 0 aliphatic heterocycles. The van der Waals surface area contributed by atoms with Crippen molar-refractivity contribution in [2.75, 3.05) is 26.2 Å². The van der Waals surface area contributed by atoms with Crippen LogP contribution >= 0.6 is 0 Å². The summed E-state index contributed by atoms with van der Waals surface area (Å²) >= 11 is 0. The number of nitrogens with zero attached hydrogens (tertiary/aromatic N) is 1. The minimum atomic E-state index is 0.261. The molecule has 0 radical (unpaired) electrons. The van der Waals surface area contributed by atoms with Crippen molar-refractivity contribution in [3.05, 3.63) is 0 Å². The molecule has 0 fully saturated rings. The third-order valence-corrected chi connectivity index (χ3v) is 3.57. The van der Waals surface area contributed by atoms with Gasteiger partial charge < -0.3 is 10.6 Å². The van der Waals surface area contributed by atoms with Crippen molar-refractivity contribution in [2.24, 2.45) is 11.1 Å². The minimum absolute atomic E-state index is 0.261. The monoisotopic (exact) mass is 256 g/mol. The van der Waals surface area contributed by atoms with E-state index < -0.39 is 0 Å². The van der Waals surface area contributed by atoms with E-state index in [0.717, 1.165) is 13.1 Å². The Labute approximate surface area is 115 Å². The van der Waals surface area contributed by atoms with Crippen molar-refractivity contribution in [1.82, 2.24) is 4.90 Å². The quantitative estimate of drug-likeness (QED) is 0.534. The fourth-order valence-electron chi connectivity index (χ4n) is 2.37. The maximum absolute atomic E-state index is 5.83. The van der Waals surface area contributed by atoms with E-state index in [9.17, 15) is 0 Å². The maximum atomic E-state index is 5.83. The van der Waals surface area contributed by atoms with Gasteiger partial charge in [0.2, 0.25) is 0 Å². The van der Waals surface area contributed by atoms with Crippen LogP contribution in [0, 0.1) is 5.41 Å². The minimum Gasteiger partial charge on any atom is -0.330 e. The molecule has 110 valence electrons. The zero-order valence-electron chi connectivity index (χ0n) is 13.3. The van der Waals surface area contributed by atoms with E-state index in [0.29, 0.717) is 0 Å². The molecule has 0 saturated heterocycles. The zero-order chi connectivity index (χ0) is 13.9. The van der Waals surface area contributed by atoms with Gasteiger partial charge in [0, 0.05) is 6.54 Å². The van der Waals surface area contributed by atoms with Crippen LogP contribution in [0.3, 0.4) is 0 Å². The molecule has 0 aliphatic rings. The number of rotatable bonds is 12. The van der Waals surface area contributed by atoms with Crippen LogP contribution in [-0.4, -0.2) is 31.1 Å². The van der Waals surface area contributed by atoms with Crippen LogP contribution in [0.15, 0.2) is 0 Å². The number of unbranched alkanes of at least 4 members (excludes halogenated alkanes) is 5. The third kappa shape index (κ3) is 9.90. The maximum Gasteiger partial charge on any atom is 0.00447 e. The first kappa shape index (κ1) is 17.9.